The van der Waals surface area contributed by atoms with Crippen LogP contribution in [0.2, 0.25) is 0 Å². The predicted molar refractivity (Wildman–Crippen MR) is 65.0 cm³/mol. The standard InChI is InChI=1S/C12H17N3O3/c1-3-13-10(8-16-2)6-11-14-12(15-18-11)9-4-5-17-7-9/h4-5,7,10,13H,3,6,8H2,1-2H3. The van der Waals surface area contributed by atoms with Crippen molar-refractivity contribution in [3.05, 3.63) is 24.5 Å². The van der Waals surface area contributed by atoms with E-state index in [1.807, 2.05) is 6.92 Å². The molecule has 0 amide bonds. The lowest BCUT2D eigenvalue weighted by Crippen LogP contribution is -2.35. The molecule has 2 aromatic rings. The second kappa shape index (κ2) is 6.32. The summed E-state index contributed by atoms with van der Waals surface area (Å²) in [6, 6.07) is 1.98. The molecule has 1 atom stereocenters. The van der Waals surface area contributed by atoms with Crippen molar-refractivity contribution in [1.29, 1.82) is 0 Å². The highest BCUT2D eigenvalue weighted by molar-refractivity contribution is 5.51. The Hall–Kier alpha value is -1.66. The van der Waals surface area contributed by atoms with Gasteiger partial charge in [-0.2, -0.15) is 4.98 Å². The Morgan fingerprint density at radius 1 is 1.50 bits per heavy atom. The molecule has 6 nitrogen and oxygen atoms in total. The largest absolute Gasteiger partial charge is 0.472 e. The molecule has 2 aromatic heterocycles. The van der Waals surface area contributed by atoms with E-state index < -0.39 is 0 Å². The van der Waals surface area contributed by atoms with E-state index in [0.717, 1.165) is 12.1 Å². The first kappa shape index (κ1) is 12.8. The van der Waals surface area contributed by atoms with Crippen molar-refractivity contribution < 1.29 is 13.7 Å². The fourth-order valence-corrected chi connectivity index (χ4v) is 1.74. The number of nitrogens with zero attached hydrogens (tertiary/aromatic N) is 2. The molecule has 2 rings (SSSR count). The zero-order chi connectivity index (χ0) is 12.8. The van der Waals surface area contributed by atoms with Crippen molar-refractivity contribution in [2.24, 2.45) is 0 Å². The van der Waals surface area contributed by atoms with Crippen LogP contribution in [-0.4, -0.2) is 36.4 Å². The number of ether oxygens (including phenoxy) is 1. The molecular formula is C12H17N3O3. The Kier molecular flexibility index (Phi) is 4.49. The highest BCUT2D eigenvalue weighted by Gasteiger charge is 2.15. The number of methoxy groups -OCH3 is 1. The van der Waals surface area contributed by atoms with Crippen LogP contribution in [0, 0.1) is 0 Å². The van der Waals surface area contributed by atoms with E-state index in [0.29, 0.717) is 24.7 Å². The summed E-state index contributed by atoms with van der Waals surface area (Å²) in [6.07, 6.45) is 3.82. The third kappa shape index (κ3) is 3.18. The van der Waals surface area contributed by atoms with Crippen LogP contribution in [0.5, 0.6) is 0 Å². The molecule has 0 aliphatic carbocycles. The first-order chi connectivity index (χ1) is 8.83. The summed E-state index contributed by atoms with van der Waals surface area (Å²) < 4.78 is 15.3. The fourth-order valence-electron chi connectivity index (χ4n) is 1.74. The topological polar surface area (TPSA) is 73.3 Å². The molecular weight excluding hydrogens is 234 g/mol. The summed E-state index contributed by atoms with van der Waals surface area (Å²) in [7, 11) is 1.68. The summed E-state index contributed by atoms with van der Waals surface area (Å²) in [5, 5.41) is 7.22. The van der Waals surface area contributed by atoms with E-state index in [2.05, 4.69) is 15.5 Å². The van der Waals surface area contributed by atoms with Gasteiger partial charge >= 0.3 is 0 Å². The SMILES string of the molecule is CCNC(COC)Cc1nc(-c2ccoc2)no1. The van der Waals surface area contributed by atoms with Crippen molar-refractivity contribution in [3.8, 4) is 11.4 Å². The lowest BCUT2D eigenvalue weighted by molar-refractivity contribution is 0.162. The molecule has 0 spiro atoms. The third-order valence-electron chi connectivity index (χ3n) is 2.53. The minimum Gasteiger partial charge on any atom is -0.472 e. The molecule has 0 bridgehead atoms. The normalized spacial score (nSPS) is 12.8. The van der Waals surface area contributed by atoms with Gasteiger partial charge in [0.05, 0.1) is 18.4 Å². The second-order valence-electron chi connectivity index (χ2n) is 3.94. The molecule has 1 N–H and O–H groups in total. The monoisotopic (exact) mass is 251 g/mol. The van der Waals surface area contributed by atoms with Gasteiger partial charge in [-0.25, -0.2) is 0 Å². The Morgan fingerprint density at radius 2 is 2.39 bits per heavy atom. The number of aromatic nitrogens is 2. The molecule has 6 heteroatoms. The zero-order valence-corrected chi connectivity index (χ0v) is 10.5. The van der Waals surface area contributed by atoms with E-state index in [9.17, 15) is 0 Å². The Morgan fingerprint density at radius 3 is 3.06 bits per heavy atom. The molecule has 0 saturated carbocycles. The highest BCUT2D eigenvalue weighted by atomic mass is 16.5. The molecule has 0 aliphatic rings. The number of furan rings is 1. The third-order valence-corrected chi connectivity index (χ3v) is 2.53. The number of likely N-dealkylation sites (N-methyl/N-ethyl adjacent to an activating group) is 1. The molecule has 0 fully saturated rings. The Labute approximate surface area is 105 Å². The van der Waals surface area contributed by atoms with Gasteiger partial charge in [0, 0.05) is 19.6 Å². The van der Waals surface area contributed by atoms with Gasteiger partial charge in [-0.3, -0.25) is 0 Å². The number of hydrogen-bond acceptors (Lipinski definition) is 6. The van der Waals surface area contributed by atoms with Gasteiger partial charge in [-0.1, -0.05) is 12.1 Å². The summed E-state index contributed by atoms with van der Waals surface area (Å²) in [6.45, 7) is 3.53. The van der Waals surface area contributed by atoms with Gasteiger partial charge in [0.2, 0.25) is 11.7 Å². The summed E-state index contributed by atoms with van der Waals surface area (Å²) in [5.74, 6) is 1.14. The second-order valence-corrected chi connectivity index (χ2v) is 3.94. The quantitative estimate of drug-likeness (QED) is 0.803. The van der Waals surface area contributed by atoms with Crippen molar-refractivity contribution >= 4 is 0 Å². The van der Waals surface area contributed by atoms with Gasteiger partial charge in [-0.05, 0) is 12.6 Å². The van der Waals surface area contributed by atoms with E-state index in [1.165, 1.54) is 0 Å². The Bertz CT molecular complexity index is 447. The van der Waals surface area contributed by atoms with Crippen molar-refractivity contribution in [1.82, 2.24) is 15.5 Å². The van der Waals surface area contributed by atoms with Gasteiger partial charge in [0.1, 0.15) is 6.26 Å². The van der Waals surface area contributed by atoms with Gasteiger partial charge < -0.3 is 19.0 Å². The van der Waals surface area contributed by atoms with Crippen LogP contribution in [0.1, 0.15) is 12.8 Å². The van der Waals surface area contributed by atoms with Crippen LogP contribution in [0.4, 0.5) is 0 Å². The van der Waals surface area contributed by atoms with Crippen LogP contribution >= 0.6 is 0 Å². The fraction of sp³-hybridized carbons (Fsp3) is 0.500. The number of nitrogens with one attached hydrogen (secondary N) is 1. The minimum absolute atomic E-state index is 0.178. The Balaban J connectivity index is 2.01. The van der Waals surface area contributed by atoms with Gasteiger partial charge in [0.25, 0.3) is 0 Å². The zero-order valence-electron chi connectivity index (χ0n) is 10.5. The summed E-state index contributed by atoms with van der Waals surface area (Å²) in [4.78, 5) is 4.32. The molecule has 98 valence electrons. The molecule has 18 heavy (non-hydrogen) atoms. The van der Waals surface area contributed by atoms with Crippen LogP contribution in [-0.2, 0) is 11.2 Å². The molecule has 2 heterocycles. The number of hydrogen-bond donors (Lipinski definition) is 1. The summed E-state index contributed by atoms with van der Waals surface area (Å²) >= 11 is 0. The van der Waals surface area contributed by atoms with Crippen molar-refractivity contribution in [2.45, 2.75) is 19.4 Å². The average molecular weight is 251 g/mol. The van der Waals surface area contributed by atoms with Crippen LogP contribution in [0.25, 0.3) is 11.4 Å². The molecule has 0 radical (unpaired) electrons. The average Bonchev–Trinajstić information content (AvgIpc) is 2.98. The van der Waals surface area contributed by atoms with E-state index in [-0.39, 0.29) is 6.04 Å². The van der Waals surface area contributed by atoms with Crippen LogP contribution in [0.3, 0.4) is 0 Å². The first-order valence-electron chi connectivity index (χ1n) is 5.91. The maximum absolute atomic E-state index is 5.21. The predicted octanol–water partition coefficient (Wildman–Crippen LogP) is 1.50. The van der Waals surface area contributed by atoms with E-state index >= 15 is 0 Å². The summed E-state index contributed by atoms with van der Waals surface area (Å²) in [5.41, 5.74) is 0.816. The molecule has 0 saturated heterocycles. The van der Waals surface area contributed by atoms with Crippen LogP contribution < -0.4 is 5.32 Å². The molecule has 1 unspecified atom stereocenters. The van der Waals surface area contributed by atoms with Gasteiger partial charge in [0.15, 0.2) is 0 Å². The number of rotatable bonds is 7. The van der Waals surface area contributed by atoms with Gasteiger partial charge in [-0.15, -0.1) is 0 Å². The van der Waals surface area contributed by atoms with E-state index in [4.69, 9.17) is 13.7 Å². The first-order valence-corrected chi connectivity index (χ1v) is 5.91. The van der Waals surface area contributed by atoms with Crippen molar-refractivity contribution in [2.75, 3.05) is 20.3 Å². The van der Waals surface area contributed by atoms with Crippen molar-refractivity contribution in [3.63, 3.8) is 0 Å². The van der Waals surface area contributed by atoms with Crippen LogP contribution in [0.15, 0.2) is 27.5 Å². The van der Waals surface area contributed by atoms with E-state index in [1.54, 1.807) is 25.7 Å². The minimum atomic E-state index is 0.178. The lowest BCUT2D eigenvalue weighted by Gasteiger charge is -2.14. The molecule has 0 aromatic carbocycles. The molecule has 0 aliphatic heterocycles. The maximum atomic E-state index is 5.21. The smallest absolute Gasteiger partial charge is 0.228 e. The lowest BCUT2D eigenvalue weighted by atomic mass is 10.2. The maximum Gasteiger partial charge on any atom is 0.228 e. The highest BCUT2D eigenvalue weighted by Crippen LogP contribution is 2.16.